The molecular formula is C28H33N7O. The van der Waals surface area contributed by atoms with Gasteiger partial charge in [0.1, 0.15) is 5.82 Å². The summed E-state index contributed by atoms with van der Waals surface area (Å²) in [6.45, 7) is 6.80. The number of anilines is 1. The average molecular weight is 484 g/mol. The van der Waals surface area contributed by atoms with Crippen molar-refractivity contribution in [1.82, 2.24) is 29.3 Å². The first-order valence-electron chi connectivity index (χ1n) is 12.5. The normalized spacial score (nSPS) is 17.2. The molecule has 0 unspecified atom stereocenters. The molecule has 8 nitrogen and oxygen atoms in total. The number of aryl methyl sites for hydroxylation is 2. The largest absolute Gasteiger partial charge is 0.331 e. The number of nitrogens with one attached hydrogen (secondary N) is 1. The molecule has 186 valence electrons. The molecule has 2 aromatic heterocycles. The number of hydrogen-bond acceptors (Lipinski definition) is 6. The summed E-state index contributed by atoms with van der Waals surface area (Å²) in [6, 6.07) is 16.5. The van der Waals surface area contributed by atoms with Crippen molar-refractivity contribution in [3.05, 3.63) is 84.2 Å². The number of rotatable bonds is 7. The number of aromatic nitrogens is 4. The first-order chi connectivity index (χ1) is 17.5. The number of benzene rings is 2. The highest BCUT2D eigenvalue weighted by molar-refractivity contribution is 5.94. The molecule has 5 rings (SSSR count). The molecule has 0 aliphatic carbocycles. The van der Waals surface area contributed by atoms with Gasteiger partial charge in [0.05, 0.1) is 23.3 Å². The first-order valence-corrected chi connectivity index (χ1v) is 12.5. The van der Waals surface area contributed by atoms with Gasteiger partial charge in [-0.1, -0.05) is 30.3 Å². The molecule has 4 aromatic rings. The maximum absolute atomic E-state index is 13.0. The summed E-state index contributed by atoms with van der Waals surface area (Å²) in [6.07, 6.45) is 6.14. The van der Waals surface area contributed by atoms with Gasteiger partial charge in [-0.05, 0) is 43.0 Å². The Labute approximate surface area is 212 Å². The summed E-state index contributed by atoms with van der Waals surface area (Å²) in [5.41, 5.74) is 5.03. The number of amides is 1. The van der Waals surface area contributed by atoms with E-state index in [2.05, 4.69) is 65.0 Å². The molecule has 0 spiro atoms. The molecule has 1 aliphatic rings. The highest BCUT2D eigenvalue weighted by atomic mass is 16.2. The van der Waals surface area contributed by atoms with E-state index in [9.17, 15) is 4.79 Å². The zero-order valence-electron chi connectivity index (χ0n) is 21.0. The summed E-state index contributed by atoms with van der Waals surface area (Å²) in [5.74, 6) is 1.30. The monoisotopic (exact) mass is 483 g/mol. The van der Waals surface area contributed by atoms with Crippen LogP contribution >= 0.6 is 0 Å². The molecule has 8 heteroatoms. The molecule has 1 N–H and O–H groups in total. The Balaban J connectivity index is 1.26. The molecule has 1 amide bonds. The van der Waals surface area contributed by atoms with Gasteiger partial charge in [0.25, 0.3) is 0 Å². The van der Waals surface area contributed by atoms with Crippen molar-refractivity contribution in [2.75, 3.05) is 38.0 Å². The molecule has 0 bridgehead atoms. The molecule has 3 heterocycles. The van der Waals surface area contributed by atoms with Crippen LogP contribution in [0.2, 0.25) is 0 Å². The fraction of sp³-hybridized carbons (Fsp3) is 0.357. The van der Waals surface area contributed by atoms with Crippen LogP contribution in [-0.2, 0) is 24.8 Å². The zero-order chi connectivity index (χ0) is 24.9. The summed E-state index contributed by atoms with van der Waals surface area (Å²) in [4.78, 5) is 31.1. The molecule has 0 saturated carbocycles. The van der Waals surface area contributed by atoms with Crippen LogP contribution < -0.4 is 5.32 Å². The van der Waals surface area contributed by atoms with Crippen LogP contribution in [0.15, 0.2) is 67.1 Å². The standard InChI is InChI=1S/C28H33N7O/c1-21-31-26-15-24(8-9-27(26)33(21)2)32-28(36)20-35-13-12-34(17-22-6-4-3-5-7-22)18-23(19-35)14-25-16-29-10-11-30-25/h3-11,15-16,23H,12-14,17-20H2,1-2H3,(H,32,36)/t23-/m1/s1. The highest BCUT2D eigenvalue weighted by Crippen LogP contribution is 2.20. The Hall–Kier alpha value is -3.62. The van der Waals surface area contributed by atoms with Gasteiger partial charge in [-0.2, -0.15) is 0 Å². The van der Waals surface area contributed by atoms with Crippen LogP contribution in [0, 0.1) is 12.8 Å². The van der Waals surface area contributed by atoms with E-state index in [0.29, 0.717) is 12.5 Å². The highest BCUT2D eigenvalue weighted by Gasteiger charge is 2.25. The molecule has 1 saturated heterocycles. The predicted molar refractivity (Wildman–Crippen MR) is 141 cm³/mol. The lowest BCUT2D eigenvalue weighted by Crippen LogP contribution is -2.37. The van der Waals surface area contributed by atoms with E-state index in [-0.39, 0.29) is 5.91 Å². The molecule has 1 fully saturated rings. The Kier molecular flexibility index (Phi) is 7.34. The van der Waals surface area contributed by atoms with E-state index in [1.807, 2.05) is 38.4 Å². The van der Waals surface area contributed by atoms with E-state index >= 15 is 0 Å². The van der Waals surface area contributed by atoms with Crippen molar-refractivity contribution in [2.24, 2.45) is 13.0 Å². The fourth-order valence-electron chi connectivity index (χ4n) is 5.04. The Morgan fingerprint density at radius 2 is 1.86 bits per heavy atom. The van der Waals surface area contributed by atoms with Crippen molar-refractivity contribution < 1.29 is 4.79 Å². The molecule has 1 atom stereocenters. The third-order valence-corrected chi connectivity index (χ3v) is 6.88. The maximum Gasteiger partial charge on any atom is 0.238 e. The minimum Gasteiger partial charge on any atom is -0.331 e. The van der Waals surface area contributed by atoms with Crippen molar-refractivity contribution in [1.29, 1.82) is 0 Å². The number of hydrogen-bond donors (Lipinski definition) is 1. The van der Waals surface area contributed by atoms with Crippen molar-refractivity contribution in [3.63, 3.8) is 0 Å². The SMILES string of the molecule is Cc1nc2cc(NC(=O)CN3CCN(Cc4ccccc4)C[C@@H](Cc4cnccn4)C3)ccc2n1C. The van der Waals surface area contributed by atoms with Crippen LogP contribution in [0.3, 0.4) is 0 Å². The molecule has 2 aromatic carbocycles. The van der Waals surface area contributed by atoms with Gasteiger partial charge in [0, 0.05) is 64.0 Å². The van der Waals surface area contributed by atoms with Crippen LogP contribution in [0.4, 0.5) is 5.69 Å². The summed E-state index contributed by atoms with van der Waals surface area (Å²) in [7, 11) is 2.00. The van der Waals surface area contributed by atoms with E-state index in [0.717, 1.165) is 67.4 Å². The van der Waals surface area contributed by atoms with Crippen LogP contribution in [0.1, 0.15) is 17.1 Å². The average Bonchev–Trinajstić information content (AvgIpc) is 3.03. The number of fused-ring (bicyclic) bond motifs is 1. The lowest BCUT2D eigenvalue weighted by molar-refractivity contribution is -0.117. The molecule has 36 heavy (non-hydrogen) atoms. The van der Waals surface area contributed by atoms with E-state index in [1.54, 1.807) is 12.4 Å². The summed E-state index contributed by atoms with van der Waals surface area (Å²) < 4.78 is 2.05. The Morgan fingerprint density at radius 3 is 2.67 bits per heavy atom. The predicted octanol–water partition coefficient (Wildman–Crippen LogP) is 3.29. The topological polar surface area (TPSA) is 79.2 Å². The second-order valence-corrected chi connectivity index (χ2v) is 9.69. The number of carbonyl (C=O) groups excluding carboxylic acids is 1. The molecule has 1 aliphatic heterocycles. The van der Waals surface area contributed by atoms with Gasteiger partial charge >= 0.3 is 0 Å². The minimum absolute atomic E-state index is 0.00300. The van der Waals surface area contributed by atoms with Crippen LogP contribution in [0.5, 0.6) is 0 Å². The number of imidazole rings is 1. The van der Waals surface area contributed by atoms with Crippen LogP contribution in [-0.4, -0.2) is 67.9 Å². The second-order valence-electron chi connectivity index (χ2n) is 9.69. The quantitative estimate of drug-likeness (QED) is 0.435. The van der Waals surface area contributed by atoms with E-state index < -0.39 is 0 Å². The fourth-order valence-corrected chi connectivity index (χ4v) is 5.04. The smallest absolute Gasteiger partial charge is 0.238 e. The van der Waals surface area contributed by atoms with Gasteiger partial charge in [-0.25, -0.2) is 4.98 Å². The molecule has 0 radical (unpaired) electrons. The van der Waals surface area contributed by atoms with Gasteiger partial charge in [-0.15, -0.1) is 0 Å². The zero-order valence-corrected chi connectivity index (χ0v) is 21.0. The van der Waals surface area contributed by atoms with Crippen molar-refractivity contribution in [3.8, 4) is 0 Å². The second kappa shape index (κ2) is 11.0. The van der Waals surface area contributed by atoms with E-state index in [1.165, 1.54) is 5.56 Å². The lowest BCUT2D eigenvalue weighted by Gasteiger charge is -2.24. The van der Waals surface area contributed by atoms with E-state index in [4.69, 9.17) is 0 Å². The first kappa shape index (κ1) is 24.1. The van der Waals surface area contributed by atoms with Gasteiger partial charge in [-0.3, -0.25) is 24.6 Å². The lowest BCUT2D eigenvalue weighted by atomic mass is 10.0. The van der Waals surface area contributed by atoms with Gasteiger partial charge in [0.15, 0.2) is 0 Å². The summed E-state index contributed by atoms with van der Waals surface area (Å²) >= 11 is 0. The van der Waals surface area contributed by atoms with Gasteiger partial charge in [0.2, 0.25) is 5.91 Å². The van der Waals surface area contributed by atoms with Crippen molar-refractivity contribution in [2.45, 2.75) is 19.9 Å². The Morgan fingerprint density at radius 1 is 1.06 bits per heavy atom. The third kappa shape index (κ3) is 5.95. The maximum atomic E-state index is 13.0. The third-order valence-electron chi connectivity index (χ3n) is 6.88. The van der Waals surface area contributed by atoms with Crippen molar-refractivity contribution >= 4 is 22.6 Å². The minimum atomic E-state index is -0.00300. The Bertz CT molecular complexity index is 1310. The van der Waals surface area contributed by atoms with Crippen LogP contribution in [0.25, 0.3) is 11.0 Å². The number of carbonyl (C=O) groups is 1. The number of nitrogens with zero attached hydrogens (tertiary/aromatic N) is 6. The van der Waals surface area contributed by atoms with Gasteiger partial charge < -0.3 is 9.88 Å². The molecular weight excluding hydrogens is 450 g/mol. The summed E-state index contributed by atoms with van der Waals surface area (Å²) in [5, 5.41) is 3.08.